The first-order valence-electron chi connectivity index (χ1n) is 10.8. The van der Waals surface area contributed by atoms with Crippen LogP contribution in [0.3, 0.4) is 0 Å². The Kier molecular flexibility index (Phi) is 8.60. The second-order valence-corrected chi connectivity index (χ2v) is 8.41. The van der Waals surface area contributed by atoms with Crippen molar-refractivity contribution in [2.24, 2.45) is 0 Å². The summed E-state index contributed by atoms with van der Waals surface area (Å²) >= 11 is 0. The number of ether oxygens (including phenoxy) is 2. The lowest BCUT2D eigenvalue weighted by atomic mass is 9.92. The molecule has 1 heterocycles. The summed E-state index contributed by atoms with van der Waals surface area (Å²) in [5.74, 6) is 0.504. The van der Waals surface area contributed by atoms with E-state index in [0.717, 1.165) is 42.6 Å². The third-order valence-corrected chi connectivity index (χ3v) is 5.38. The Morgan fingerprint density at radius 3 is 2.48 bits per heavy atom. The maximum atomic E-state index is 11.1. The van der Waals surface area contributed by atoms with Gasteiger partial charge in [-0.05, 0) is 63.3 Å². The van der Waals surface area contributed by atoms with Gasteiger partial charge in [-0.2, -0.15) is 0 Å². The summed E-state index contributed by atoms with van der Waals surface area (Å²) in [4.78, 5) is 11.1. The molecule has 1 aliphatic heterocycles. The zero-order valence-corrected chi connectivity index (χ0v) is 18.9. The fraction of sp³-hybridized carbons (Fsp3) is 0.480. The first kappa shape index (κ1) is 24.4. The van der Waals surface area contributed by atoms with Gasteiger partial charge >= 0.3 is 5.97 Å². The second kappa shape index (κ2) is 10.9. The zero-order chi connectivity index (χ0) is 23.0. The minimum absolute atomic E-state index is 0.125. The van der Waals surface area contributed by atoms with Crippen molar-refractivity contribution < 1.29 is 29.6 Å². The first-order valence-corrected chi connectivity index (χ1v) is 10.8. The number of phenols is 2. The average Bonchev–Trinajstić information content (AvgIpc) is 2.71. The minimum atomic E-state index is -0.977. The summed E-state index contributed by atoms with van der Waals surface area (Å²) in [6.45, 7) is 6.22. The van der Waals surface area contributed by atoms with E-state index in [4.69, 9.17) is 19.7 Å². The van der Waals surface area contributed by atoms with Crippen LogP contribution in [0.15, 0.2) is 30.3 Å². The molecule has 0 atom stereocenters. The molecule has 0 spiro atoms. The van der Waals surface area contributed by atoms with E-state index in [9.17, 15) is 9.90 Å². The van der Waals surface area contributed by atoms with Crippen LogP contribution in [0.5, 0.6) is 23.0 Å². The average molecular weight is 431 g/mol. The molecule has 0 saturated carbocycles. The van der Waals surface area contributed by atoms with Crippen LogP contribution in [0.1, 0.15) is 74.4 Å². The van der Waals surface area contributed by atoms with Gasteiger partial charge in [-0.15, -0.1) is 0 Å². The third kappa shape index (κ3) is 6.81. The first-order chi connectivity index (χ1) is 14.7. The van der Waals surface area contributed by atoms with Crippen molar-refractivity contribution >= 4 is 5.97 Å². The molecule has 0 radical (unpaired) electrons. The van der Waals surface area contributed by atoms with Gasteiger partial charge in [0.15, 0.2) is 0 Å². The third-order valence-electron chi connectivity index (χ3n) is 5.38. The summed E-state index contributed by atoms with van der Waals surface area (Å²) in [6, 6.07) is 8.05. The number of carbonyl (C=O) groups is 1. The summed E-state index contributed by atoms with van der Waals surface area (Å²) in [6.07, 6.45) is 7.29. The van der Waals surface area contributed by atoms with Crippen LogP contribution in [-0.4, -0.2) is 34.0 Å². The summed E-state index contributed by atoms with van der Waals surface area (Å²) in [5, 5.41) is 27.7. The van der Waals surface area contributed by atoms with Crippen LogP contribution < -0.4 is 9.47 Å². The Bertz CT molecular complexity index is 888. The number of aromatic carboxylic acids is 1. The number of phenolic OH excluding ortho intramolecular Hbond substituents is 2. The van der Waals surface area contributed by atoms with Crippen molar-refractivity contribution in [2.75, 3.05) is 7.11 Å². The van der Waals surface area contributed by atoms with Gasteiger partial charge in [0.2, 0.25) is 0 Å². The van der Waals surface area contributed by atoms with Gasteiger partial charge in [0.05, 0.1) is 7.11 Å². The Labute approximate surface area is 184 Å². The van der Waals surface area contributed by atoms with Crippen molar-refractivity contribution in [3.63, 3.8) is 0 Å². The number of unbranched alkanes of at least 4 members (excludes halogenated alkanes) is 3. The van der Waals surface area contributed by atoms with E-state index in [1.54, 1.807) is 18.2 Å². The molecule has 0 fully saturated rings. The van der Waals surface area contributed by atoms with E-state index < -0.39 is 5.97 Å². The number of fused-ring (bicyclic) bond motifs is 1. The van der Waals surface area contributed by atoms with E-state index in [-0.39, 0.29) is 22.7 Å². The van der Waals surface area contributed by atoms with Gasteiger partial charge < -0.3 is 24.8 Å². The van der Waals surface area contributed by atoms with E-state index in [0.29, 0.717) is 5.75 Å². The molecule has 6 nitrogen and oxygen atoms in total. The highest BCUT2D eigenvalue weighted by Crippen LogP contribution is 2.40. The predicted molar refractivity (Wildman–Crippen MR) is 121 cm³/mol. The standard InChI is InChI=1S/C13H16O4.C12H18O2/c1-13(2)7-6-8-10(17-13)5-4-9(12(14)15)11(8)16-3;1-2-3-4-5-6-10-7-8-11(13)9-12(10)14/h4-5H,6-7H2,1-3H3,(H,14,15);7-9,13-14H,2-6H2,1H3. The molecule has 0 amide bonds. The van der Waals surface area contributed by atoms with E-state index in [1.807, 2.05) is 13.8 Å². The maximum absolute atomic E-state index is 11.1. The summed E-state index contributed by atoms with van der Waals surface area (Å²) in [7, 11) is 1.49. The number of aryl methyl sites for hydroxylation is 1. The molecule has 0 aromatic heterocycles. The number of methoxy groups -OCH3 is 1. The number of rotatable bonds is 7. The predicted octanol–water partition coefficient (Wildman–Crippen LogP) is 5.72. The molecule has 2 aromatic carbocycles. The molecule has 3 rings (SSSR count). The van der Waals surface area contributed by atoms with Gasteiger partial charge in [0, 0.05) is 11.6 Å². The molecule has 31 heavy (non-hydrogen) atoms. The largest absolute Gasteiger partial charge is 0.508 e. The minimum Gasteiger partial charge on any atom is -0.508 e. The molecular formula is C25H34O6. The molecule has 2 aromatic rings. The quantitative estimate of drug-likeness (QED) is 0.486. The van der Waals surface area contributed by atoms with Crippen LogP contribution in [0.4, 0.5) is 0 Å². The van der Waals surface area contributed by atoms with Crippen molar-refractivity contribution in [1.29, 1.82) is 0 Å². The molecule has 0 bridgehead atoms. The summed E-state index contributed by atoms with van der Waals surface area (Å²) in [5.41, 5.74) is 1.77. The molecule has 1 aliphatic rings. The molecule has 0 saturated heterocycles. The smallest absolute Gasteiger partial charge is 0.339 e. The van der Waals surface area contributed by atoms with E-state index in [2.05, 4.69) is 6.92 Å². The lowest BCUT2D eigenvalue weighted by molar-refractivity contribution is 0.0690. The lowest BCUT2D eigenvalue weighted by Gasteiger charge is -2.33. The normalized spacial score (nSPS) is 13.9. The summed E-state index contributed by atoms with van der Waals surface area (Å²) < 4.78 is 11.0. The number of aromatic hydroxyl groups is 2. The van der Waals surface area contributed by atoms with Crippen molar-refractivity contribution in [1.82, 2.24) is 0 Å². The SMILES string of the molecule is CCCCCCc1ccc(O)cc1O.COc1c(C(=O)O)ccc2c1CCC(C)(C)O2. The number of carboxylic acids is 1. The molecule has 6 heteroatoms. The Morgan fingerprint density at radius 2 is 1.87 bits per heavy atom. The highest BCUT2D eigenvalue weighted by Gasteiger charge is 2.30. The molecule has 3 N–H and O–H groups in total. The van der Waals surface area contributed by atoms with Gasteiger partial charge in [0.1, 0.15) is 34.2 Å². The number of hydrogen-bond donors (Lipinski definition) is 3. The van der Waals surface area contributed by atoms with Crippen LogP contribution in [0, 0.1) is 0 Å². The van der Waals surface area contributed by atoms with Gasteiger partial charge in [-0.3, -0.25) is 0 Å². The highest BCUT2D eigenvalue weighted by molar-refractivity contribution is 5.92. The molecular weight excluding hydrogens is 396 g/mol. The van der Waals surface area contributed by atoms with Gasteiger partial charge in [0.25, 0.3) is 0 Å². The Morgan fingerprint density at radius 1 is 1.13 bits per heavy atom. The van der Waals surface area contributed by atoms with Crippen molar-refractivity contribution in [3.8, 4) is 23.0 Å². The number of hydrogen-bond acceptors (Lipinski definition) is 5. The molecule has 0 unspecified atom stereocenters. The zero-order valence-electron chi connectivity index (χ0n) is 18.9. The second-order valence-electron chi connectivity index (χ2n) is 8.41. The van der Waals surface area contributed by atoms with Crippen LogP contribution in [-0.2, 0) is 12.8 Å². The Hall–Kier alpha value is -2.89. The number of benzene rings is 2. The van der Waals surface area contributed by atoms with Gasteiger partial charge in [-0.1, -0.05) is 32.3 Å². The van der Waals surface area contributed by atoms with Crippen LogP contribution >= 0.6 is 0 Å². The highest BCUT2D eigenvalue weighted by atomic mass is 16.5. The molecule has 170 valence electrons. The van der Waals surface area contributed by atoms with Crippen LogP contribution in [0.25, 0.3) is 0 Å². The molecule has 0 aliphatic carbocycles. The van der Waals surface area contributed by atoms with Gasteiger partial charge in [-0.25, -0.2) is 4.79 Å². The Balaban J connectivity index is 0.000000225. The maximum Gasteiger partial charge on any atom is 0.339 e. The lowest BCUT2D eigenvalue weighted by Crippen LogP contribution is -2.32. The van der Waals surface area contributed by atoms with E-state index in [1.165, 1.54) is 38.5 Å². The van der Waals surface area contributed by atoms with Crippen molar-refractivity contribution in [3.05, 3.63) is 47.0 Å². The number of carboxylic acid groups (broad SMARTS) is 1. The van der Waals surface area contributed by atoms with Crippen LogP contribution in [0.2, 0.25) is 0 Å². The monoisotopic (exact) mass is 430 g/mol. The fourth-order valence-corrected chi connectivity index (χ4v) is 3.62. The fourth-order valence-electron chi connectivity index (χ4n) is 3.62. The topological polar surface area (TPSA) is 96.2 Å². The van der Waals surface area contributed by atoms with Crippen molar-refractivity contribution in [2.45, 2.75) is 71.3 Å². The van der Waals surface area contributed by atoms with E-state index >= 15 is 0 Å².